The number of hydrogen-bond acceptors (Lipinski definition) is 5. The van der Waals surface area contributed by atoms with Crippen LogP contribution in [-0.2, 0) is 0 Å². The molecule has 2 fully saturated rings. The maximum atomic E-state index is 10.4. The third-order valence-electron chi connectivity index (χ3n) is 8.72. The number of aromatic hydroxyl groups is 2. The first kappa shape index (κ1) is 25.8. The van der Waals surface area contributed by atoms with Crippen LogP contribution in [0.25, 0.3) is 11.1 Å². The lowest BCUT2D eigenvalue weighted by Crippen LogP contribution is -2.35. The van der Waals surface area contributed by atoms with E-state index in [1.807, 2.05) is 42.5 Å². The highest BCUT2D eigenvalue weighted by Gasteiger charge is 2.36. The molecule has 2 N–H and O–H groups in total. The number of fused-ring (bicyclic) bond motifs is 1. The summed E-state index contributed by atoms with van der Waals surface area (Å²) in [5.74, 6) is 3.26. The van der Waals surface area contributed by atoms with E-state index in [0.717, 1.165) is 65.6 Å². The lowest BCUT2D eigenvalue weighted by molar-refractivity contribution is 0.169. The summed E-state index contributed by atoms with van der Waals surface area (Å²) >= 11 is 0. The summed E-state index contributed by atoms with van der Waals surface area (Å²) in [6, 6.07) is 21.5. The third-order valence-corrected chi connectivity index (χ3v) is 8.72. The summed E-state index contributed by atoms with van der Waals surface area (Å²) in [7, 11) is 0. The molecule has 1 aliphatic carbocycles. The van der Waals surface area contributed by atoms with Crippen molar-refractivity contribution in [1.29, 1.82) is 0 Å². The van der Waals surface area contributed by atoms with E-state index in [1.165, 1.54) is 24.8 Å². The summed E-state index contributed by atoms with van der Waals surface area (Å²) in [4.78, 5) is 2.51. The second-order valence-corrected chi connectivity index (χ2v) is 11.7. The monoisotopic (exact) mass is 525 g/mol. The maximum Gasteiger partial charge on any atom is 0.150 e. The van der Waals surface area contributed by atoms with Crippen molar-refractivity contribution >= 4 is 11.1 Å². The topological polar surface area (TPSA) is 62.2 Å². The number of nitrogens with zero attached hydrogens (tertiary/aromatic N) is 1. The minimum Gasteiger partial charge on any atom is -0.508 e. The molecule has 3 atom stereocenters. The van der Waals surface area contributed by atoms with Crippen LogP contribution < -0.4 is 9.47 Å². The first-order valence-electron chi connectivity index (χ1n) is 14.5. The van der Waals surface area contributed by atoms with Gasteiger partial charge in [-0.2, -0.15) is 0 Å². The molecule has 0 radical (unpaired) electrons. The summed E-state index contributed by atoms with van der Waals surface area (Å²) < 4.78 is 12.9. The molecule has 39 heavy (non-hydrogen) atoms. The van der Waals surface area contributed by atoms with Crippen molar-refractivity contribution < 1.29 is 19.7 Å². The quantitative estimate of drug-likeness (QED) is 0.336. The Bertz CT molecular complexity index is 1340. The van der Waals surface area contributed by atoms with E-state index in [9.17, 15) is 10.2 Å². The van der Waals surface area contributed by atoms with E-state index < -0.39 is 0 Å². The molecular formula is C34H39NO4. The molecule has 6 rings (SSSR count). The van der Waals surface area contributed by atoms with Gasteiger partial charge in [-0.1, -0.05) is 44.0 Å². The average Bonchev–Trinajstić information content (AvgIpc) is 3.63. The fraction of sp³-hybridized carbons (Fsp3) is 0.412. The van der Waals surface area contributed by atoms with E-state index in [4.69, 9.17) is 9.47 Å². The Kier molecular flexibility index (Phi) is 7.26. The Labute approximate surface area is 231 Å². The second-order valence-electron chi connectivity index (χ2n) is 11.7. The third kappa shape index (κ3) is 5.38. The molecule has 3 aliphatic rings. The van der Waals surface area contributed by atoms with Crippen LogP contribution in [0.15, 0.2) is 66.7 Å². The van der Waals surface area contributed by atoms with Crippen molar-refractivity contribution in [3.8, 4) is 23.0 Å². The molecule has 204 valence electrons. The van der Waals surface area contributed by atoms with Gasteiger partial charge in [-0.05, 0) is 104 Å². The molecule has 5 nitrogen and oxygen atoms in total. The van der Waals surface area contributed by atoms with E-state index in [1.54, 1.807) is 12.1 Å². The van der Waals surface area contributed by atoms with Crippen LogP contribution in [0.4, 0.5) is 0 Å². The second kappa shape index (κ2) is 11.0. The molecular weight excluding hydrogens is 486 g/mol. The fourth-order valence-electron chi connectivity index (χ4n) is 6.60. The van der Waals surface area contributed by atoms with Crippen molar-refractivity contribution in [3.05, 3.63) is 83.4 Å². The molecule has 2 heterocycles. The van der Waals surface area contributed by atoms with Gasteiger partial charge in [0, 0.05) is 23.7 Å². The highest BCUT2D eigenvalue weighted by molar-refractivity contribution is 5.97. The van der Waals surface area contributed by atoms with Crippen molar-refractivity contribution in [2.24, 2.45) is 11.8 Å². The van der Waals surface area contributed by atoms with Crippen LogP contribution in [-0.4, -0.2) is 40.9 Å². The molecule has 2 aliphatic heterocycles. The Morgan fingerprint density at radius 1 is 0.923 bits per heavy atom. The van der Waals surface area contributed by atoms with Crippen LogP contribution in [0.5, 0.6) is 23.0 Å². The zero-order chi connectivity index (χ0) is 26.9. The zero-order valence-electron chi connectivity index (χ0n) is 23.0. The van der Waals surface area contributed by atoms with E-state index in [-0.39, 0.29) is 17.6 Å². The predicted molar refractivity (Wildman–Crippen MR) is 155 cm³/mol. The Morgan fingerprint density at radius 2 is 1.69 bits per heavy atom. The van der Waals surface area contributed by atoms with Crippen molar-refractivity contribution in [1.82, 2.24) is 4.90 Å². The number of rotatable bonds is 7. The van der Waals surface area contributed by atoms with Crippen LogP contribution in [0.1, 0.15) is 68.7 Å². The van der Waals surface area contributed by atoms with Crippen LogP contribution in [0.2, 0.25) is 0 Å². The van der Waals surface area contributed by atoms with Gasteiger partial charge in [-0.3, -0.25) is 4.90 Å². The molecule has 0 spiro atoms. The van der Waals surface area contributed by atoms with Crippen LogP contribution in [0.3, 0.4) is 0 Å². The van der Waals surface area contributed by atoms with E-state index in [2.05, 4.69) is 30.9 Å². The normalized spacial score (nSPS) is 22.5. The van der Waals surface area contributed by atoms with E-state index in [0.29, 0.717) is 18.6 Å². The van der Waals surface area contributed by atoms with E-state index >= 15 is 0 Å². The number of phenols is 2. The summed E-state index contributed by atoms with van der Waals surface area (Å²) in [6.07, 6.45) is 5.55. The number of phenolic OH excluding ortho intramolecular Hbond substituents is 2. The molecule has 0 aromatic heterocycles. The fourth-order valence-corrected chi connectivity index (χ4v) is 6.60. The largest absolute Gasteiger partial charge is 0.508 e. The molecule has 0 bridgehead atoms. The van der Waals surface area contributed by atoms with Gasteiger partial charge in [-0.25, -0.2) is 0 Å². The summed E-state index contributed by atoms with van der Waals surface area (Å²) in [5, 5.41) is 20.8. The van der Waals surface area contributed by atoms with Gasteiger partial charge >= 0.3 is 0 Å². The Hall–Kier alpha value is -3.44. The molecule has 3 aromatic carbocycles. The van der Waals surface area contributed by atoms with Gasteiger partial charge in [0.05, 0.1) is 0 Å². The van der Waals surface area contributed by atoms with Crippen LogP contribution in [0, 0.1) is 11.8 Å². The Balaban J connectivity index is 1.34. The number of allylic oxidation sites excluding steroid dienone is 1. The zero-order valence-corrected chi connectivity index (χ0v) is 23.0. The molecule has 1 saturated heterocycles. The summed E-state index contributed by atoms with van der Waals surface area (Å²) in [5.41, 5.74) is 5.25. The average molecular weight is 526 g/mol. The van der Waals surface area contributed by atoms with Gasteiger partial charge in [-0.15, -0.1) is 0 Å². The minimum absolute atomic E-state index is 0.233. The smallest absolute Gasteiger partial charge is 0.150 e. The van der Waals surface area contributed by atoms with Crippen molar-refractivity contribution in [3.63, 3.8) is 0 Å². The van der Waals surface area contributed by atoms with Gasteiger partial charge in [0.2, 0.25) is 0 Å². The Morgan fingerprint density at radius 3 is 2.41 bits per heavy atom. The minimum atomic E-state index is -0.335. The van der Waals surface area contributed by atoms with Crippen LogP contribution >= 0.6 is 0 Å². The number of hydrogen-bond donors (Lipinski definition) is 2. The lowest BCUT2D eigenvalue weighted by Gasteiger charge is -2.34. The van der Waals surface area contributed by atoms with Gasteiger partial charge in [0.15, 0.2) is 0 Å². The molecule has 3 aromatic rings. The van der Waals surface area contributed by atoms with Gasteiger partial charge in [0.25, 0.3) is 0 Å². The SMILES string of the molecule is C[C@@H]1CCN([C@@H](C)COc2ccc(C3Oc4ccc(O)cc4C(C4CCCC4)=C3c3cccc(O)c3)cc2)C1. The van der Waals surface area contributed by atoms with Gasteiger partial charge < -0.3 is 19.7 Å². The molecule has 5 heteroatoms. The molecule has 1 saturated carbocycles. The summed E-state index contributed by atoms with van der Waals surface area (Å²) in [6.45, 7) is 7.53. The maximum absolute atomic E-state index is 10.4. The predicted octanol–water partition coefficient (Wildman–Crippen LogP) is 7.44. The lowest BCUT2D eigenvalue weighted by atomic mass is 9.79. The first-order valence-corrected chi connectivity index (χ1v) is 14.5. The number of likely N-dealkylation sites (tertiary alicyclic amines) is 1. The van der Waals surface area contributed by atoms with Crippen molar-refractivity contribution in [2.75, 3.05) is 19.7 Å². The molecule has 1 unspecified atom stereocenters. The van der Waals surface area contributed by atoms with Crippen molar-refractivity contribution in [2.45, 2.75) is 58.1 Å². The highest BCUT2D eigenvalue weighted by atomic mass is 16.5. The standard InChI is InChI=1S/C34H39NO4/c1-22-16-17-35(20-22)23(2)21-38-29-13-10-25(11-14-29)34-33(26-8-5-9-27(36)18-26)32(24-6-3-4-7-24)30-19-28(37)12-15-31(30)39-34/h5,8-15,18-19,22-24,34,36-37H,3-4,6-7,16-17,20-21H2,1-2H3/t22-,23+,34?/m1/s1. The number of benzene rings is 3. The van der Waals surface area contributed by atoms with Gasteiger partial charge in [0.1, 0.15) is 35.7 Å². The highest BCUT2D eigenvalue weighted by Crippen LogP contribution is 2.53. The number of ether oxygens (including phenoxy) is 2. The molecule has 0 amide bonds. The first-order chi connectivity index (χ1) is 19.0.